The van der Waals surface area contributed by atoms with E-state index in [2.05, 4.69) is 10.5 Å². The SMILES string of the molecule is Cc1ccc(C)c(C(=O)NC(C)(C)/C(N)=N/O)c1. The zero-order chi connectivity index (χ0) is 13.9. The number of carbonyl (C=O) groups excluding carboxylic acids is 1. The van der Waals surface area contributed by atoms with Crippen LogP contribution in [0.5, 0.6) is 0 Å². The molecule has 98 valence electrons. The Morgan fingerprint density at radius 3 is 2.56 bits per heavy atom. The highest BCUT2D eigenvalue weighted by Gasteiger charge is 2.26. The summed E-state index contributed by atoms with van der Waals surface area (Å²) in [5, 5.41) is 14.3. The molecule has 1 rings (SSSR count). The number of hydrogen-bond acceptors (Lipinski definition) is 3. The predicted molar refractivity (Wildman–Crippen MR) is 70.9 cm³/mol. The largest absolute Gasteiger partial charge is 0.409 e. The minimum absolute atomic E-state index is 0.0406. The quantitative estimate of drug-likeness (QED) is 0.329. The van der Waals surface area contributed by atoms with E-state index < -0.39 is 5.54 Å². The molecule has 0 radical (unpaired) electrons. The van der Waals surface area contributed by atoms with Crippen molar-refractivity contribution in [2.45, 2.75) is 33.2 Å². The van der Waals surface area contributed by atoms with E-state index in [4.69, 9.17) is 10.9 Å². The molecule has 0 spiro atoms. The Morgan fingerprint density at radius 1 is 1.39 bits per heavy atom. The van der Waals surface area contributed by atoms with E-state index in [9.17, 15) is 4.79 Å². The molecule has 18 heavy (non-hydrogen) atoms. The summed E-state index contributed by atoms with van der Waals surface area (Å²) in [4.78, 5) is 12.2. The molecule has 0 unspecified atom stereocenters. The average molecular weight is 249 g/mol. The van der Waals surface area contributed by atoms with Crippen molar-refractivity contribution in [3.05, 3.63) is 34.9 Å². The maximum Gasteiger partial charge on any atom is 0.252 e. The van der Waals surface area contributed by atoms with Gasteiger partial charge in [0.2, 0.25) is 0 Å². The van der Waals surface area contributed by atoms with Crippen LogP contribution in [-0.4, -0.2) is 22.5 Å². The summed E-state index contributed by atoms with van der Waals surface area (Å²) < 4.78 is 0. The first-order chi connectivity index (χ1) is 8.27. The first kappa shape index (κ1) is 14.0. The molecular formula is C13H19N3O2. The molecule has 0 aliphatic heterocycles. The zero-order valence-corrected chi connectivity index (χ0v) is 11.1. The molecule has 0 atom stereocenters. The molecule has 1 amide bonds. The number of rotatable bonds is 3. The summed E-state index contributed by atoms with van der Waals surface area (Å²) in [5.41, 5.74) is 7.11. The Labute approximate surface area is 107 Å². The van der Waals surface area contributed by atoms with Crippen LogP contribution in [0.3, 0.4) is 0 Å². The van der Waals surface area contributed by atoms with Gasteiger partial charge >= 0.3 is 0 Å². The molecule has 0 saturated carbocycles. The van der Waals surface area contributed by atoms with Crippen molar-refractivity contribution in [3.8, 4) is 0 Å². The van der Waals surface area contributed by atoms with Gasteiger partial charge in [-0.15, -0.1) is 0 Å². The van der Waals surface area contributed by atoms with Crippen LogP contribution in [0.4, 0.5) is 0 Å². The van der Waals surface area contributed by atoms with Crippen LogP contribution in [0, 0.1) is 13.8 Å². The van der Waals surface area contributed by atoms with Crippen LogP contribution in [-0.2, 0) is 0 Å². The summed E-state index contributed by atoms with van der Waals surface area (Å²) in [6.45, 7) is 7.13. The summed E-state index contributed by atoms with van der Waals surface area (Å²) in [6.07, 6.45) is 0. The number of nitrogens with two attached hydrogens (primary N) is 1. The third-order valence-electron chi connectivity index (χ3n) is 2.81. The highest BCUT2D eigenvalue weighted by molar-refractivity contribution is 6.00. The van der Waals surface area contributed by atoms with E-state index in [-0.39, 0.29) is 11.7 Å². The van der Waals surface area contributed by atoms with Gasteiger partial charge in [-0.25, -0.2) is 0 Å². The molecular weight excluding hydrogens is 230 g/mol. The van der Waals surface area contributed by atoms with Gasteiger partial charge < -0.3 is 16.3 Å². The molecule has 1 aromatic carbocycles. The van der Waals surface area contributed by atoms with Gasteiger partial charge in [0, 0.05) is 5.56 Å². The normalized spacial score (nSPS) is 12.3. The van der Waals surface area contributed by atoms with E-state index in [0.29, 0.717) is 5.56 Å². The molecule has 5 heteroatoms. The van der Waals surface area contributed by atoms with Crippen molar-refractivity contribution in [1.82, 2.24) is 5.32 Å². The monoisotopic (exact) mass is 249 g/mol. The molecule has 0 bridgehead atoms. The molecule has 1 aromatic rings. The van der Waals surface area contributed by atoms with Gasteiger partial charge in [0.15, 0.2) is 5.84 Å². The van der Waals surface area contributed by atoms with Gasteiger partial charge in [-0.1, -0.05) is 22.9 Å². The maximum absolute atomic E-state index is 12.2. The van der Waals surface area contributed by atoms with Crippen molar-refractivity contribution in [2.75, 3.05) is 0 Å². The van der Waals surface area contributed by atoms with E-state index in [1.54, 1.807) is 13.8 Å². The summed E-state index contributed by atoms with van der Waals surface area (Å²) in [6, 6.07) is 5.65. The highest BCUT2D eigenvalue weighted by Crippen LogP contribution is 2.12. The number of benzene rings is 1. The first-order valence-corrected chi connectivity index (χ1v) is 5.65. The number of amides is 1. The Balaban J connectivity index is 2.99. The Bertz CT molecular complexity index is 493. The molecule has 4 N–H and O–H groups in total. The lowest BCUT2D eigenvalue weighted by Gasteiger charge is -2.25. The first-order valence-electron chi connectivity index (χ1n) is 5.65. The highest BCUT2D eigenvalue weighted by atomic mass is 16.4. The van der Waals surface area contributed by atoms with E-state index >= 15 is 0 Å². The van der Waals surface area contributed by atoms with Crippen molar-refractivity contribution in [2.24, 2.45) is 10.9 Å². The van der Waals surface area contributed by atoms with Gasteiger partial charge in [-0.2, -0.15) is 0 Å². The van der Waals surface area contributed by atoms with Gasteiger partial charge in [-0.05, 0) is 39.3 Å². The fourth-order valence-corrected chi connectivity index (χ4v) is 1.52. The lowest BCUT2D eigenvalue weighted by Crippen LogP contribution is -2.53. The van der Waals surface area contributed by atoms with Crippen LogP contribution < -0.4 is 11.1 Å². The second-order valence-corrected chi connectivity index (χ2v) is 4.88. The van der Waals surface area contributed by atoms with Crippen molar-refractivity contribution in [1.29, 1.82) is 0 Å². The van der Waals surface area contributed by atoms with Crippen LogP contribution in [0.25, 0.3) is 0 Å². The lowest BCUT2D eigenvalue weighted by molar-refractivity contribution is 0.0930. The van der Waals surface area contributed by atoms with Crippen molar-refractivity contribution >= 4 is 11.7 Å². The molecule has 0 aliphatic carbocycles. The summed E-state index contributed by atoms with van der Waals surface area (Å²) in [5.74, 6) is -0.283. The topological polar surface area (TPSA) is 87.7 Å². The Morgan fingerprint density at radius 2 is 2.00 bits per heavy atom. The standard InChI is InChI=1S/C13H19N3O2/c1-8-5-6-9(2)10(7-8)11(17)15-13(3,4)12(14)16-18/h5-7,18H,1-4H3,(H2,14,16)(H,15,17). The molecule has 0 aromatic heterocycles. The van der Waals surface area contributed by atoms with E-state index in [1.807, 2.05) is 32.0 Å². The number of carbonyl (C=O) groups is 1. The van der Waals surface area contributed by atoms with Gasteiger partial charge in [-0.3, -0.25) is 4.79 Å². The van der Waals surface area contributed by atoms with Crippen LogP contribution >= 0.6 is 0 Å². The third-order valence-corrected chi connectivity index (χ3v) is 2.81. The minimum Gasteiger partial charge on any atom is -0.409 e. The average Bonchev–Trinajstić information content (AvgIpc) is 2.30. The van der Waals surface area contributed by atoms with E-state index in [0.717, 1.165) is 11.1 Å². The fraction of sp³-hybridized carbons (Fsp3) is 0.385. The van der Waals surface area contributed by atoms with Gasteiger partial charge in [0.25, 0.3) is 5.91 Å². The Hall–Kier alpha value is -2.04. The minimum atomic E-state index is -0.901. The molecule has 0 heterocycles. The molecule has 0 fully saturated rings. The van der Waals surface area contributed by atoms with Crippen molar-refractivity contribution < 1.29 is 10.0 Å². The van der Waals surface area contributed by atoms with Gasteiger partial charge in [0.05, 0.1) is 5.54 Å². The zero-order valence-electron chi connectivity index (χ0n) is 11.1. The van der Waals surface area contributed by atoms with Crippen molar-refractivity contribution in [3.63, 3.8) is 0 Å². The molecule has 0 saturated heterocycles. The molecule has 0 aliphatic rings. The van der Waals surface area contributed by atoms with Crippen LogP contribution in [0.1, 0.15) is 35.3 Å². The number of hydrogen-bond donors (Lipinski definition) is 3. The van der Waals surface area contributed by atoms with E-state index in [1.165, 1.54) is 0 Å². The number of amidine groups is 1. The third kappa shape index (κ3) is 3.00. The Kier molecular flexibility index (Phi) is 3.96. The lowest BCUT2D eigenvalue weighted by atomic mass is 10.0. The number of nitrogens with one attached hydrogen (secondary N) is 1. The second-order valence-electron chi connectivity index (χ2n) is 4.88. The molecule has 5 nitrogen and oxygen atoms in total. The fourth-order valence-electron chi connectivity index (χ4n) is 1.52. The number of oxime groups is 1. The number of aryl methyl sites for hydroxylation is 2. The second kappa shape index (κ2) is 5.08. The summed E-state index contributed by atoms with van der Waals surface area (Å²) >= 11 is 0. The summed E-state index contributed by atoms with van der Waals surface area (Å²) in [7, 11) is 0. The predicted octanol–water partition coefficient (Wildman–Crippen LogP) is 1.56. The van der Waals surface area contributed by atoms with Crippen LogP contribution in [0.2, 0.25) is 0 Å². The smallest absolute Gasteiger partial charge is 0.252 e. The maximum atomic E-state index is 12.2. The van der Waals surface area contributed by atoms with Crippen LogP contribution in [0.15, 0.2) is 23.4 Å². The number of nitrogens with zero attached hydrogens (tertiary/aromatic N) is 1. The van der Waals surface area contributed by atoms with Gasteiger partial charge in [0.1, 0.15) is 0 Å².